The fourth-order valence-electron chi connectivity index (χ4n) is 4.37. The van der Waals surface area contributed by atoms with E-state index in [0.29, 0.717) is 11.8 Å². The van der Waals surface area contributed by atoms with Crippen molar-refractivity contribution in [1.82, 2.24) is 4.98 Å². The maximum Gasteiger partial charge on any atom is 0.298 e. The first-order valence-corrected chi connectivity index (χ1v) is 13.2. The smallest absolute Gasteiger partial charge is 0.298 e. The van der Waals surface area contributed by atoms with E-state index in [0.717, 1.165) is 48.2 Å². The number of hydrogen-bond donors (Lipinski definition) is 0. The Labute approximate surface area is 218 Å². The molecule has 0 aliphatic heterocycles. The van der Waals surface area contributed by atoms with E-state index in [1.807, 2.05) is 78.9 Å². The zero-order valence-corrected chi connectivity index (χ0v) is 21.5. The maximum atomic E-state index is 11.6. The van der Waals surface area contributed by atoms with Crippen LogP contribution in [0.2, 0.25) is 0 Å². The number of aliphatic carboxylic acids is 1. The van der Waals surface area contributed by atoms with Crippen LogP contribution < -0.4 is 14.7 Å². The number of nitrogens with zero attached hydrogens (tertiary/aromatic N) is 2. The number of unbranched alkanes of at least 4 members (excludes halogenated alkanes) is 4. The van der Waals surface area contributed by atoms with E-state index in [1.165, 1.54) is 25.7 Å². The van der Waals surface area contributed by atoms with Gasteiger partial charge in [0.2, 0.25) is 0 Å². The fraction of sp³-hybridized carbons (Fsp3) is 0.355. The quantitative estimate of drug-likeness (QED) is 0.199. The largest absolute Gasteiger partial charge is 0.546 e. The molecule has 3 aromatic carbocycles. The van der Waals surface area contributed by atoms with E-state index < -0.39 is 12.1 Å². The summed E-state index contributed by atoms with van der Waals surface area (Å²) in [5, 5.41) is 11.6. The summed E-state index contributed by atoms with van der Waals surface area (Å²) in [4.78, 5) is 18.6. The molecule has 6 nitrogen and oxygen atoms in total. The normalized spacial score (nSPS) is 11.9. The number of carboxylic acid groups (broad SMARTS) is 1. The van der Waals surface area contributed by atoms with E-state index in [4.69, 9.17) is 14.1 Å². The number of carboxylic acids is 1. The molecular weight excluding hydrogens is 464 g/mol. The molecule has 0 fully saturated rings. The highest BCUT2D eigenvalue weighted by Crippen LogP contribution is 2.23. The Morgan fingerprint density at radius 2 is 1.62 bits per heavy atom. The van der Waals surface area contributed by atoms with Gasteiger partial charge in [0.05, 0.1) is 5.97 Å². The van der Waals surface area contributed by atoms with E-state index in [2.05, 4.69) is 11.8 Å². The first-order chi connectivity index (χ1) is 18.1. The summed E-state index contributed by atoms with van der Waals surface area (Å²) in [5.41, 5.74) is 3.69. The number of anilines is 1. The monoisotopic (exact) mass is 499 g/mol. The van der Waals surface area contributed by atoms with Crippen LogP contribution in [0.15, 0.2) is 83.3 Å². The van der Waals surface area contributed by atoms with Crippen LogP contribution in [-0.4, -0.2) is 30.1 Å². The lowest BCUT2D eigenvalue weighted by Crippen LogP contribution is -2.41. The van der Waals surface area contributed by atoms with Crippen LogP contribution in [0.25, 0.3) is 11.1 Å². The van der Waals surface area contributed by atoms with Crippen LogP contribution in [0, 0.1) is 0 Å². The lowest BCUT2D eigenvalue weighted by molar-refractivity contribution is -0.313. The standard InChI is InChI=1S/C31H36N2O4/c1-2-3-4-5-11-21-33(31-32-27-14-9-10-15-28(27)37-31)22-20-24-16-18-26(19-17-24)36-29(30(34)35)23-25-12-7-6-8-13-25/h6-10,12-19,29H,2-5,11,20-23H2,1H3,(H,34,35)/p-1/t29-/m1/s1. The van der Waals surface area contributed by atoms with Crippen molar-refractivity contribution in [2.75, 3.05) is 18.0 Å². The topological polar surface area (TPSA) is 78.6 Å². The Morgan fingerprint density at radius 1 is 0.892 bits per heavy atom. The first-order valence-electron chi connectivity index (χ1n) is 13.2. The van der Waals surface area contributed by atoms with Gasteiger partial charge in [0.15, 0.2) is 5.58 Å². The summed E-state index contributed by atoms with van der Waals surface area (Å²) in [6, 6.07) is 25.5. The van der Waals surface area contributed by atoms with Crippen LogP contribution in [0.4, 0.5) is 6.01 Å². The average molecular weight is 500 g/mol. The SMILES string of the molecule is CCCCCCCN(CCc1ccc(O[C@H](Cc2ccccc2)C(=O)[O-])cc1)c1nc2ccccc2o1. The van der Waals surface area contributed by atoms with E-state index in [9.17, 15) is 9.90 Å². The minimum atomic E-state index is -1.22. The average Bonchev–Trinajstić information content (AvgIpc) is 3.35. The minimum Gasteiger partial charge on any atom is -0.546 e. The molecule has 6 heteroatoms. The number of carbonyl (C=O) groups is 1. The molecule has 1 aromatic heterocycles. The lowest BCUT2D eigenvalue weighted by Gasteiger charge is -2.21. The molecule has 194 valence electrons. The highest BCUT2D eigenvalue weighted by atomic mass is 16.5. The van der Waals surface area contributed by atoms with Gasteiger partial charge in [-0.25, -0.2) is 0 Å². The zero-order chi connectivity index (χ0) is 25.9. The van der Waals surface area contributed by atoms with Gasteiger partial charge >= 0.3 is 0 Å². The molecule has 0 unspecified atom stereocenters. The van der Waals surface area contributed by atoms with Crippen molar-refractivity contribution >= 4 is 23.1 Å². The molecule has 0 spiro atoms. The third-order valence-electron chi connectivity index (χ3n) is 6.48. The number of hydrogen-bond acceptors (Lipinski definition) is 6. The van der Waals surface area contributed by atoms with Gasteiger partial charge < -0.3 is 24.0 Å². The number of rotatable bonds is 15. The van der Waals surface area contributed by atoms with Crippen molar-refractivity contribution in [1.29, 1.82) is 0 Å². The Hall–Kier alpha value is -3.80. The summed E-state index contributed by atoms with van der Waals surface area (Å²) in [7, 11) is 0. The molecular formula is C31H35N2O4-. The molecule has 0 saturated carbocycles. The number of carbonyl (C=O) groups excluding carboxylic acids is 1. The highest BCUT2D eigenvalue weighted by molar-refractivity contribution is 5.74. The molecule has 4 rings (SSSR count). The predicted molar refractivity (Wildman–Crippen MR) is 145 cm³/mol. The van der Waals surface area contributed by atoms with Gasteiger partial charge in [0.25, 0.3) is 6.01 Å². The van der Waals surface area contributed by atoms with Crippen LogP contribution in [0.1, 0.15) is 50.2 Å². The summed E-state index contributed by atoms with van der Waals surface area (Å²) in [6.45, 7) is 3.89. The number of oxazole rings is 1. The third-order valence-corrected chi connectivity index (χ3v) is 6.48. The number of benzene rings is 3. The fourth-order valence-corrected chi connectivity index (χ4v) is 4.37. The van der Waals surface area contributed by atoms with E-state index >= 15 is 0 Å². The third kappa shape index (κ3) is 7.84. The van der Waals surface area contributed by atoms with Crippen molar-refractivity contribution in [3.8, 4) is 5.75 Å². The number of para-hydroxylation sites is 2. The summed E-state index contributed by atoms with van der Waals surface area (Å²) in [6.07, 6.45) is 6.04. The lowest BCUT2D eigenvalue weighted by atomic mass is 10.1. The van der Waals surface area contributed by atoms with E-state index in [-0.39, 0.29) is 6.42 Å². The second kappa shape index (κ2) is 13.5. The van der Waals surface area contributed by atoms with Gasteiger partial charge in [-0.2, -0.15) is 4.98 Å². The van der Waals surface area contributed by atoms with Gasteiger partial charge in [0.1, 0.15) is 17.4 Å². The Balaban J connectivity index is 1.37. The Morgan fingerprint density at radius 3 is 2.35 bits per heavy atom. The maximum absolute atomic E-state index is 11.6. The Kier molecular flexibility index (Phi) is 9.58. The molecule has 0 aliphatic carbocycles. The van der Waals surface area contributed by atoms with Crippen molar-refractivity contribution in [2.45, 2.75) is 58.0 Å². The molecule has 0 N–H and O–H groups in total. The van der Waals surface area contributed by atoms with Crippen LogP contribution >= 0.6 is 0 Å². The van der Waals surface area contributed by atoms with Crippen LogP contribution in [0.5, 0.6) is 5.75 Å². The second-order valence-electron chi connectivity index (χ2n) is 9.37. The summed E-state index contributed by atoms with van der Waals surface area (Å²) in [5.74, 6) is -0.707. The minimum absolute atomic E-state index is 0.253. The zero-order valence-electron chi connectivity index (χ0n) is 21.5. The van der Waals surface area contributed by atoms with Gasteiger partial charge in [0, 0.05) is 19.5 Å². The number of fused-ring (bicyclic) bond motifs is 1. The van der Waals surface area contributed by atoms with Crippen molar-refractivity contribution in [2.24, 2.45) is 0 Å². The van der Waals surface area contributed by atoms with Crippen molar-refractivity contribution < 1.29 is 19.1 Å². The number of ether oxygens (including phenoxy) is 1. The number of aromatic nitrogens is 1. The Bertz CT molecular complexity index is 1200. The molecule has 0 amide bonds. The highest BCUT2D eigenvalue weighted by Gasteiger charge is 2.15. The molecule has 0 saturated heterocycles. The second-order valence-corrected chi connectivity index (χ2v) is 9.37. The van der Waals surface area contributed by atoms with Gasteiger partial charge in [-0.15, -0.1) is 0 Å². The first kappa shape index (κ1) is 26.3. The summed E-state index contributed by atoms with van der Waals surface area (Å²) >= 11 is 0. The van der Waals surface area contributed by atoms with Gasteiger partial charge in [-0.05, 0) is 48.2 Å². The molecule has 0 aliphatic rings. The van der Waals surface area contributed by atoms with Crippen LogP contribution in [0.3, 0.4) is 0 Å². The predicted octanol–water partition coefficient (Wildman–Crippen LogP) is 5.59. The van der Waals surface area contributed by atoms with Gasteiger partial charge in [-0.3, -0.25) is 0 Å². The molecule has 4 aromatic rings. The molecule has 0 radical (unpaired) electrons. The van der Waals surface area contributed by atoms with Crippen LogP contribution in [-0.2, 0) is 17.6 Å². The molecule has 37 heavy (non-hydrogen) atoms. The van der Waals surface area contributed by atoms with Gasteiger partial charge in [-0.1, -0.05) is 87.2 Å². The van der Waals surface area contributed by atoms with Crippen molar-refractivity contribution in [3.05, 3.63) is 90.0 Å². The van der Waals surface area contributed by atoms with E-state index in [1.54, 1.807) is 0 Å². The molecule has 0 bridgehead atoms. The summed E-state index contributed by atoms with van der Waals surface area (Å²) < 4.78 is 11.8. The molecule has 1 atom stereocenters. The molecule has 1 heterocycles. The van der Waals surface area contributed by atoms with Crippen molar-refractivity contribution in [3.63, 3.8) is 0 Å².